The van der Waals surface area contributed by atoms with Gasteiger partial charge in [0, 0.05) is 28.6 Å². The fraction of sp³-hybridized carbons (Fsp3) is 0.238. The van der Waals surface area contributed by atoms with E-state index in [0.717, 1.165) is 23.1 Å². The molecule has 0 bridgehead atoms. The highest BCUT2D eigenvalue weighted by Crippen LogP contribution is 2.31. The van der Waals surface area contributed by atoms with E-state index in [1.54, 1.807) is 13.0 Å². The zero-order chi connectivity index (χ0) is 20.5. The van der Waals surface area contributed by atoms with E-state index in [1.165, 1.54) is 0 Å². The fourth-order valence-corrected chi connectivity index (χ4v) is 3.54. The number of hydrogen-bond acceptors (Lipinski definition) is 6. The van der Waals surface area contributed by atoms with E-state index in [4.69, 9.17) is 14.9 Å². The van der Waals surface area contributed by atoms with E-state index in [2.05, 4.69) is 15.5 Å². The van der Waals surface area contributed by atoms with Gasteiger partial charge in [-0.1, -0.05) is 18.2 Å². The SMILES string of the molecule is Cc1ccc2cccc(OC(=O)c3oc4c(c3C)/C(=N/NC(N)=O)CCC4)c2n1. The van der Waals surface area contributed by atoms with Gasteiger partial charge in [-0.25, -0.2) is 20.0 Å². The summed E-state index contributed by atoms with van der Waals surface area (Å²) in [6, 6.07) is 8.51. The number of nitrogens with two attached hydrogens (primary N) is 1. The van der Waals surface area contributed by atoms with Crippen molar-refractivity contribution in [1.82, 2.24) is 10.4 Å². The van der Waals surface area contributed by atoms with Crippen molar-refractivity contribution in [3.8, 4) is 5.75 Å². The van der Waals surface area contributed by atoms with Gasteiger partial charge in [-0.05, 0) is 38.8 Å². The smallest absolute Gasteiger partial charge is 0.380 e. The number of para-hydroxylation sites is 1. The lowest BCUT2D eigenvalue weighted by atomic mass is 9.93. The number of nitrogens with zero attached hydrogens (tertiary/aromatic N) is 2. The average molecular weight is 392 g/mol. The molecule has 0 fully saturated rings. The minimum absolute atomic E-state index is 0.119. The third-order valence-corrected chi connectivity index (χ3v) is 4.84. The molecule has 1 aliphatic rings. The van der Waals surface area contributed by atoms with Crippen molar-refractivity contribution in [2.45, 2.75) is 33.1 Å². The van der Waals surface area contributed by atoms with Crippen LogP contribution in [0.5, 0.6) is 5.75 Å². The van der Waals surface area contributed by atoms with Crippen molar-refractivity contribution in [2.75, 3.05) is 0 Å². The van der Waals surface area contributed by atoms with Gasteiger partial charge >= 0.3 is 12.0 Å². The lowest BCUT2D eigenvalue weighted by molar-refractivity contribution is 0.0700. The maximum atomic E-state index is 12.9. The number of aryl methyl sites for hydroxylation is 2. The number of carbonyl (C=O) groups excluding carboxylic acids is 2. The number of nitrogens with one attached hydrogen (secondary N) is 1. The topological polar surface area (TPSA) is 120 Å². The molecule has 0 aliphatic heterocycles. The van der Waals surface area contributed by atoms with Crippen LogP contribution in [0.3, 0.4) is 0 Å². The number of carbonyl (C=O) groups is 2. The summed E-state index contributed by atoms with van der Waals surface area (Å²) < 4.78 is 11.5. The maximum absolute atomic E-state index is 12.9. The Morgan fingerprint density at radius 2 is 2.03 bits per heavy atom. The molecule has 0 saturated heterocycles. The summed E-state index contributed by atoms with van der Waals surface area (Å²) in [6.07, 6.45) is 2.11. The number of amides is 2. The van der Waals surface area contributed by atoms with Crippen LogP contribution < -0.4 is 15.9 Å². The van der Waals surface area contributed by atoms with Crippen molar-refractivity contribution in [3.63, 3.8) is 0 Å². The number of aromatic nitrogens is 1. The van der Waals surface area contributed by atoms with E-state index in [-0.39, 0.29) is 5.76 Å². The molecule has 1 aliphatic carbocycles. The van der Waals surface area contributed by atoms with E-state index in [9.17, 15) is 9.59 Å². The Bertz CT molecular complexity index is 1160. The second-order valence-electron chi connectivity index (χ2n) is 6.91. The Hall–Kier alpha value is -3.68. The first kappa shape index (κ1) is 18.7. The summed E-state index contributed by atoms with van der Waals surface area (Å²) in [4.78, 5) is 28.4. The van der Waals surface area contributed by atoms with E-state index < -0.39 is 12.0 Å². The number of rotatable bonds is 3. The molecule has 3 aromatic rings. The first-order chi connectivity index (χ1) is 13.9. The second-order valence-corrected chi connectivity index (χ2v) is 6.91. The van der Waals surface area contributed by atoms with Crippen LogP contribution in [-0.2, 0) is 6.42 Å². The van der Waals surface area contributed by atoms with Crippen LogP contribution in [0.4, 0.5) is 4.79 Å². The number of hydrogen-bond donors (Lipinski definition) is 2. The Balaban J connectivity index is 1.68. The molecule has 0 atom stereocenters. The molecule has 2 aromatic heterocycles. The third kappa shape index (κ3) is 3.56. The van der Waals surface area contributed by atoms with Gasteiger partial charge in [0.2, 0.25) is 5.76 Å². The first-order valence-electron chi connectivity index (χ1n) is 9.27. The van der Waals surface area contributed by atoms with Crippen molar-refractivity contribution < 1.29 is 18.7 Å². The van der Waals surface area contributed by atoms with Crippen LogP contribution >= 0.6 is 0 Å². The summed E-state index contributed by atoms with van der Waals surface area (Å²) >= 11 is 0. The van der Waals surface area contributed by atoms with E-state index >= 15 is 0 Å². The molecule has 8 heteroatoms. The molecule has 8 nitrogen and oxygen atoms in total. The molecule has 2 heterocycles. The Kier molecular flexibility index (Phi) is 4.75. The van der Waals surface area contributed by atoms with Gasteiger partial charge in [0.05, 0.1) is 5.71 Å². The molecule has 0 spiro atoms. The molecular weight excluding hydrogens is 372 g/mol. The number of ether oxygens (including phenoxy) is 1. The minimum atomic E-state index is -0.746. The lowest BCUT2D eigenvalue weighted by Crippen LogP contribution is -2.27. The Morgan fingerprint density at radius 1 is 1.21 bits per heavy atom. The van der Waals surface area contributed by atoms with Gasteiger partial charge in [0.1, 0.15) is 11.3 Å². The lowest BCUT2D eigenvalue weighted by Gasteiger charge is -2.12. The number of benzene rings is 1. The highest BCUT2D eigenvalue weighted by Gasteiger charge is 2.29. The second kappa shape index (κ2) is 7.38. The number of pyridine rings is 1. The van der Waals surface area contributed by atoms with E-state index in [0.29, 0.717) is 41.1 Å². The number of fused-ring (bicyclic) bond motifs is 2. The molecule has 2 amide bonds. The van der Waals surface area contributed by atoms with Crippen LogP contribution in [0.2, 0.25) is 0 Å². The minimum Gasteiger partial charge on any atom is -0.453 e. The zero-order valence-electron chi connectivity index (χ0n) is 16.1. The highest BCUT2D eigenvalue weighted by molar-refractivity contribution is 6.06. The average Bonchev–Trinajstić information content (AvgIpc) is 3.04. The molecule has 0 radical (unpaired) electrons. The summed E-state index contributed by atoms with van der Waals surface area (Å²) in [5, 5.41) is 4.94. The van der Waals surface area contributed by atoms with Crippen LogP contribution in [0.15, 0.2) is 39.9 Å². The summed E-state index contributed by atoms with van der Waals surface area (Å²) in [7, 11) is 0. The molecule has 0 unspecified atom stereocenters. The van der Waals surface area contributed by atoms with Gasteiger partial charge in [0.25, 0.3) is 0 Å². The number of esters is 1. The summed E-state index contributed by atoms with van der Waals surface area (Å²) in [5.41, 5.74) is 10.8. The van der Waals surface area contributed by atoms with Crippen molar-refractivity contribution in [1.29, 1.82) is 0 Å². The van der Waals surface area contributed by atoms with Crippen molar-refractivity contribution in [2.24, 2.45) is 10.8 Å². The monoisotopic (exact) mass is 392 g/mol. The predicted octanol–water partition coefficient (Wildman–Crippen LogP) is 3.37. The van der Waals surface area contributed by atoms with Gasteiger partial charge in [-0.15, -0.1) is 0 Å². The molecule has 1 aromatic carbocycles. The van der Waals surface area contributed by atoms with Crippen LogP contribution in [-0.4, -0.2) is 22.7 Å². The normalized spacial score (nSPS) is 14.6. The molecule has 148 valence electrons. The Labute approximate surface area is 166 Å². The summed E-state index contributed by atoms with van der Waals surface area (Å²) in [6.45, 7) is 3.65. The number of hydrazone groups is 1. The third-order valence-electron chi connectivity index (χ3n) is 4.84. The van der Waals surface area contributed by atoms with Gasteiger partial charge in [0.15, 0.2) is 5.75 Å². The van der Waals surface area contributed by atoms with Crippen molar-refractivity contribution in [3.05, 3.63) is 58.7 Å². The first-order valence-corrected chi connectivity index (χ1v) is 9.27. The van der Waals surface area contributed by atoms with Crippen LogP contribution in [0, 0.1) is 13.8 Å². The van der Waals surface area contributed by atoms with Gasteiger partial charge < -0.3 is 14.9 Å². The van der Waals surface area contributed by atoms with Crippen LogP contribution in [0.1, 0.15) is 46.0 Å². The number of urea groups is 1. The fourth-order valence-electron chi connectivity index (χ4n) is 3.54. The molecular formula is C21H20N4O4. The molecule has 4 rings (SSSR count). The van der Waals surface area contributed by atoms with Gasteiger partial charge in [-0.3, -0.25) is 0 Å². The highest BCUT2D eigenvalue weighted by atomic mass is 16.5. The van der Waals surface area contributed by atoms with E-state index in [1.807, 2.05) is 31.2 Å². The van der Waals surface area contributed by atoms with Gasteiger partial charge in [-0.2, -0.15) is 5.10 Å². The molecule has 3 N–H and O–H groups in total. The Morgan fingerprint density at radius 3 is 2.83 bits per heavy atom. The molecule has 0 saturated carbocycles. The largest absolute Gasteiger partial charge is 0.453 e. The summed E-state index contributed by atoms with van der Waals surface area (Å²) in [5.74, 6) is 0.537. The van der Waals surface area contributed by atoms with Crippen LogP contribution in [0.25, 0.3) is 10.9 Å². The molecule has 29 heavy (non-hydrogen) atoms. The zero-order valence-corrected chi connectivity index (χ0v) is 16.1. The number of furan rings is 1. The quantitative estimate of drug-likeness (QED) is 0.402. The predicted molar refractivity (Wildman–Crippen MR) is 107 cm³/mol. The van der Waals surface area contributed by atoms with Crippen molar-refractivity contribution >= 4 is 28.6 Å². The standard InChI is InChI=1S/C21H20N4O4/c1-11-9-10-13-5-3-8-16(18(13)23-11)29-20(26)19-12(2)17-14(24-25-21(22)27)6-4-7-15(17)28-19/h3,5,8-10H,4,6-7H2,1-2H3,(H3,22,25,27)/b24-14+. The maximum Gasteiger partial charge on any atom is 0.380 e. The number of primary amides is 1.